The zero-order valence-electron chi connectivity index (χ0n) is 12.0. The summed E-state index contributed by atoms with van der Waals surface area (Å²) < 4.78 is 26.6. The molecule has 20 heavy (non-hydrogen) atoms. The molecule has 2 nitrogen and oxygen atoms in total. The van der Waals surface area contributed by atoms with E-state index in [-0.39, 0.29) is 6.04 Å². The molecule has 2 rings (SSSR count). The molecule has 112 valence electrons. The van der Waals surface area contributed by atoms with Gasteiger partial charge in [-0.15, -0.1) is 0 Å². The zero-order chi connectivity index (χ0) is 14.5. The van der Waals surface area contributed by atoms with E-state index in [1.807, 2.05) is 11.8 Å². The molecule has 0 aromatic heterocycles. The molecule has 0 amide bonds. The Hall–Kier alpha value is -0.650. The Kier molecular flexibility index (Phi) is 5.81. The summed E-state index contributed by atoms with van der Waals surface area (Å²) >= 11 is 1.92. The highest BCUT2D eigenvalue weighted by Crippen LogP contribution is 2.27. The summed E-state index contributed by atoms with van der Waals surface area (Å²) in [6, 6.07) is 4.60. The molecule has 0 spiro atoms. The minimum Gasteiger partial charge on any atom is -0.309 e. The van der Waals surface area contributed by atoms with Crippen molar-refractivity contribution in [2.45, 2.75) is 25.4 Å². The zero-order valence-corrected chi connectivity index (χ0v) is 12.9. The lowest BCUT2D eigenvalue weighted by molar-refractivity contribution is 0.215. The van der Waals surface area contributed by atoms with Crippen molar-refractivity contribution in [3.05, 3.63) is 35.4 Å². The van der Waals surface area contributed by atoms with Crippen LogP contribution in [-0.4, -0.2) is 42.6 Å². The molecule has 0 aliphatic carbocycles. The van der Waals surface area contributed by atoms with E-state index in [0.717, 1.165) is 36.6 Å². The van der Waals surface area contributed by atoms with Gasteiger partial charge >= 0.3 is 0 Å². The Morgan fingerprint density at radius 2 is 2.20 bits per heavy atom. The quantitative estimate of drug-likeness (QED) is 0.900. The van der Waals surface area contributed by atoms with Crippen LogP contribution in [0.1, 0.15) is 24.9 Å². The highest BCUT2D eigenvalue weighted by Gasteiger charge is 2.29. The molecular formula is C15H22F2N2S. The number of benzene rings is 1. The van der Waals surface area contributed by atoms with E-state index in [0.29, 0.717) is 6.04 Å². The van der Waals surface area contributed by atoms with Crippen LogP contribution < -0.4 is 5.32 Å². The molecule has 1 N–H and O–H groups in total. The summed E-state index contributed by atoms with van der Waals surface area (Å²) in [5, 5.41) is 3.49. The number of thioether (sulfide) groups is 1. The first-order valence-corrected chi connectivity index (χ1v) is 8.25. The van der Waals surface area contributed by atoms with Crippen molar-refractivity contribution in [2.24, 2.45) is 0 Å². The van der Waals surface area contributed by atoms with E-state index < -0.39 is 11.6 Å². The van der Waals surface area contributed by atoms with Gasteiger partial charge in [0.25, 0.3) is 0 Å². The Bertz CT molecular complexity index is 442. The Labute approximate surface area is 123 Å². The number of hydrogen-bond donors (Lipinski definition) is 1. The van der Waals surface area contributed by atoms with Gasteiger partial charge in [0.05, 0.1) is 0 Å². The van der Waals surface area contributed by atoms with E-state index in [2.05, 4.69) is 24.2 Å². The van der Waals surface area contributed by atoms with E-state index in [4.69, 9.17) is 0 Å². The van der Waals surface area contributed by atoms with Crippen molar-refractivity contribution in [1.29, 1.82) is 0 Å². The molecule has 0 radical (unpaired) electrons. The normalized spacial score (nSPS) is 21.9. The summed E-state index contributed by atoms with van der Waals surface area (Å²) in [7, 11) is 2.10. The molecule has 2 unspecified atom stereocenters. The molecule has 1 aliphatic heterocycles. The lowest BCUT2D eigenvalue weighted by Gasteiger charge is -2.38. The molecule has 1 aromatic rings. The molecule has 5 heteroatoms. The van der Waals surface area contributed by atoms with Gasteiger partial charge in [0.1, 0.15) is 0 Å². The molecule has 1 fully saturated rings. The fourth-order valence-electron chi connectivity index (χ4n) is 2.54. The van der Waals surface area contributed by atoms with Crippen molar-refractivity contribution in [2.75, 3.05) is 31.6 Å². The maximum Gasteiger partial charge on any atom is 0.159 e. The first-order valence-electron chi connectivity index (χ1n) is 7.09. The smallest absolute Gasteiger partial charge is 0.159 e. The number of halogens is 2. The van der Waals surface area contributed by atoms with Crippen LogP contribution in [0.4, 0.5) is 8.78 Å². The predicted molar refractivity (Wildman–Crippen MR) is 81.1 cm³/mol. The standard InChI is InChI=1S/C15H22F2N2S/c1-3-6-18-15(14-10-20-8-7-19(14)2)11-4-5-12(16)13(17)9-11/h4-5,9,14-15,18H,3,6-8,10H2,1-2H3. The van der Waals surface area contributed by atoms with E-state index >= 15 is 0 Å². The third kappa shape index (κ3) is 3.71. The largest absolute Gasteiger partial charge is 0.309 e. The van der Waals surface area contributed by atoms with Gasteiger partial charge in [-0.05, 0) is 37.7 Å². The molecule has 0 bridgehead atoms. The van der Waals surface area contributed by atoms with Gasteiger partial charge in [-0.25, -0.2) is 8.78 Å². The summed E-state index contributed by atoms with van der Waals surface area (Å²) in [4.78, 5) is 2.31. The third-order valence-corrected chi connectivity index (χ3v) is 4.79. The van der Waals surface area contributed by atoms with Gasteiger partial charge in [0.15, 0.2) is 11.6 Å². The summed E-state index contributed by atoms with van der Waals surface area (Å²) in [5.41, 5.74) is 0.830. The van der Waals surface area contributed by atoms with Crippen molar-refractivity contribution in [1.82, 2.24) is 10.2 Å². The van der Waals surface area contributed by atoms with Gasteiger partial charge in [0, 0.05) is 30.1 Å². The fraction of sp³-hybridized carbons (Fsp3) is 0.600. The lowest BCUT2D eigenvalue weighted by Crippen LogP contribution is -2.48. The van der Waals surface area contributed by atoms with Crippen LogP contribution >= 0.6 is 11.8 Å². The second kappa shape index (κ2) is 7.38. The SMILES string of the molecule is CCCNC(c1ccc(F)c(F)c1)C1CSCCN1C. The van der Waals surface area contributed by atoms with Crippen molar-refractivity contribution in [3.63, 3.8) is 0 Å². The van der Waals surface area contributed by atoms with Crippen LogP contribution in [0.2, 0.25) is 0 Å². The maximum absolute atomic E-state index is 13.5. The monoisotopic (exact) mass is 300 g/mol. The molecule has 1 aromatic carbocycles. The van der Waals surface area contributed by atoms with Gasteiger partial charge in [-0.2, -0.15) is 11.8 Å². The van der Waals surface area contributed by atoms with Crippen LogP contribution in [0.25, 0.3) is 0 Å². The second-order valence-electron chi connectivity index (χ2n) is 5.23. The van der Waals surface area contributed by atoms with Crippen LogP contribution in [0, 0.1) is 11.6 Å². The molecule has 1 saturated heterocycles. The number of likely N-dealkylation sites (N-methyl/N-ethyl adjacent to an activating group) is 1. The van der Waals surface area contributed by atoms with Crippen molar-refractivity contribution in [3.8, 4) is 0 Å². The Morgan fingerprint density at radius 3 is 2.85 bits per heavy atom. The second-order valence-corrected chi connectivity index (χ2v) is 6.38. The van der Waals surface area contributed by atoms with Crippen LogP contribution in [0.3, 0.4) is 0 Å². The predicted octanol–water partition coefficient (Wildman–Crippen LogP) is 3.05. The number of nitrogens with one attached hydrogen (secondary N) is 1. The van der Waals surface area contributed by atoms with Crippen LogP contribution in [0.15, 0.2) is 18.2 Å². The molecule has 1 heterocycles. The number of hydrogen-bond acceptors (Lipinski definition) is 3. The van der Waals surface area contributed by atoms with Crippen LogP contribution in [-0.2, 0) is 0 Å². The first-order chi connectivity index (χ1) is 9.63. The molecule has 1 aliphatic rings. The van der Waals surface area contributed by atoms with Gasteiger partial charge < -0.3 is 5.32 Å². The highest BCUT2D eigenvalue weighted by atomic mass is 32.2. The minimum absolute atomic E-state index is 0.0443. The van der Waals surface area contributed by atoms with E-state index in [1.165, 1.54) is 12.1 Å². The van der Waals surface area contributed by atoms with Gasteiger partial charge in [0.2, 0.25) is 0 Å². The molecule has 0 saturated carbocycles. The third-order valence-electron chi connectivity index (χ3n) is 3.74. The maximum atomic E-state index is 13.5. The van der Waals surface area contributed by atoms with Gasteiger partial charge in [-0.3, -0.25) is 4.90 Å². The molecular weight excluding hydrogens is 278 g/mol. The minimum atomic E-state index is -0.783. The topological polar surface area (TPSA) is 15.3 Å². The Morgan fingerprint density at radius 1 is 1.40 bits per heavy atom. The van der Waals surface area contributed by atoms with Crippen molar-refractivity contribution < 1.29 is 8.78 Å². The summed E-state index contributed by atoms with van der Waals surface area (Å²) in [6.45, 7) is 4.01. The first kappa shape index (κ1) is 15.7. The number of rotatable bonds is 5. The fourth-order valence-corrected chi connectivity index (χ4v) is 3.81. The van der Waals surface area contributed by atoms with Crippen LogP contribution in [0.5, 0.6) is 0 Å². The van der Waals surface area contributed by atoms with E-state index in [9.17, 15) is 8.78 Å². The number of nitrogens with zero attached hydrogens (tertiary/aromatic N) is 1. The molecule has 2 atom stereocenters. The Balaban J connectivity index is 2.23. The van der Waals surface area contributed by atoms with E-state index in [1.54, 1.807) is 6.07 Å². The summed E-state index contributed by atoms with van der Waals surface area (Å²) in [5.74, 6) is 0.591. The van der Waals surface area contributed by atoms with Crippen molar-refractivity contribution >= 4 is 11.8 Å². The van der Waals surface area contributed by atoms with Gasteiger partial charge in [-0.1, -0.05) is 13.0 Å². The highest BCUT2D eigenvalue weighted by molar-refractivity contribution is 7.99. The average molecular weight is 300 g/mol. The summed E-state index contributed by atoms with van der Waals surface area (Å²) in [6.07, 6.45) is 1.02. The lowest BCUT2D eigenvalue weighted by atomic mass is 9.98. The average Bonchev–Trinajstić information content (AvgIpc) is 2.44.